The smallest absolute Gasteiger partial charge is 0.351 e. The predicted octanol–water partition coefficient (Wildman–Crippen LogP) is 4.91. The molecular weight excluding hydrogens is 497 g/mol. The van der Waals surface area contributed by atoms with Crippen LogP contribution in [0.5, 0.6) is 0 Å². The normalized spacial score (nSPS) is 13.8. The van der Waals surface area contributed by atoms with Crippen LogP contribution in [0.4, 0.5) is 11.6 Å². The average Bonchev–Trinajstić information content (AvgIpc) is 3.44. The first kappa shape index (κ1) is 19.1. The molecule has 0 spiro atoms. The number of anilines is 2. The molecule has 30 heavy (non-hydrogen) atoms. The summed E-state index contributed by atoms with van der Waals surface area (Å²) in [4.78, 5) is 28.5. The molecule has 1 aliphatic carbocycles. The zero-order valence-corrected chi connectivity index (χ0v) is 18.3. The Kier molecular flexibility index (Phi) is 4.53. The van der Waals surface area contributed by atoms with Gasteiger partial charge in [-0.2, -0.15) is 0 Å². The van der Waals surface area contributed by atoms with E-state index in [4.69, 9.17) is 9.40 Å². The van der Waals surface area contributed by atoms with Crippen molar-refractivity contribution >= 4 is 62.2 Å². The molecule has 0 radical (unpaired) electrons. The molecule has 8 heteroatoms. The first-order valence-electron chi connectivity index (χ1n) is 9.64. The SMILES string of the molecule is Cc1c(C(=O)O)c(=O)oc2cc3c(cc12)nc(Nc1cccc(I)c1)n3CC1CC1. The standard InChI is InChI=1S/C22H18IN3O4/c1-11-15-8-16-17(9-18(15)30-21(29)19(11)20(27)28)26(10-12-5-6-12)22(25-16)24-14-4-2-3-13(23)7-14/h2-4,7-9,12H,5-6,10H2,1H3,(H,24,25)(H,27,28). The Hall–Kier alpha value is -2.88. The molecule has 2 N–H and O–H groups in total. The lowest BCUT2D eigenvalue weighted by Crippen LogP contribution is -2.15. The van der Waals surface area contributed by atoms with E-state index < -0.39 is 11.6 Å². The fourth-order valence-electron chi connectivity index (χ4n) is 3.75. The highest BCUT2D eigenvalue weighted by molar-refractivity contribution is 14.1. The molecule has 5 rings (SSSR count). The zero-order valence-electron chi connectivity index (χ0n) is 16.1. The van der Waals surface area contributed by atoms with Gasteiger partial charge in [-0.05, 0) is 78.1 Å². The van der Waals surface area contributed by atoms with Gasteiger partial charge in [0.15, 0.2) is 0 Å². The summed E-state index contributed by atoms with van der Waals surface area (Å²) in [6.07, 6.45) is 2.37. The number of nitrogens with one attached hydrogen (secondary N) is 1. The molecule has 0 aliphatic heterocycles. The molecule has 152 valence electrons. The van der Waals surface area contributed by atoms with Crippen LogP contribution in [0.2, 0.25) is 0 Å². The van der Waals surface area contributed by atoms with Crippen LogP contribution in [0.1, 0.15) is 28.8 Å². The Morgan fingerprint density at radius 3 is 2.83 bits per heavy atom. The Bertz CT molecular complexity index is 1380. The van der Waals surface area contributed by atoms with Crippen LogP contribution in [-0.2, 0) is 6.54 Å². The molecule has 0 atom stereocenters. The fraction of sp³-hybridized carbons (Fsp3) is 0.227. The van der Waals surface area contributed by atoms with Crippen LogP contribution in [0.3, 0.4) is 0 Å². The van der Waals surface area contributed by atoms with E-state index in [9.17, 15) is 14.7 Å². The summed E-state index contributed by atoms with van der Waals surface area (Å²) in [5.41, 5.74) is 2.11. The monoisotopic (exact) mass is 515 g/mol. The Morgan fingerprint density at radius 1 is 1.33 bits per heavy atom. The lowest BCUT2D eigenvalue weighted by molar-refractivity contribution is 0.0691. The van der Waals surface area contributed by atoms with Crippen molar-refractivity contribution in [3.8, 4) is 0 Å². The van der Waals surface area contributed by atoms with Crippen molar-refractivity contribution in [2.45, 2.75) is 26.3 Å². The van der Waals surface area contributed by atoms with Crippen LogP contribution < -0.4 is 10.9 Å². The number of aryl methyl sites for hydroxylation is 1. The molecule has 2 heterocycles. The van der Waals surface area contributed by atoms with E-state index >= 15 is 0 Å². The van der Waals surface area contributed by atoms with Crippen molar-refractivity contribution < 1.29 is 14.3 Å². The van der Waals surface area contributed by atoms with Crippen LogP contribution in [0, 0.1) is 16.4 Å². The van der Waals surface area contributed by atoms with Crippen LogP contribution in [0.15, 0.2) is 45.6 Å². The van der Waals surface area contributed by atoms with Crippen molar-refractivity contribution in [2.75, 3.05) is 5.32 Å². The lowest BCUT2D eigenvalue weighted by atomic mass is 10.1. The predicted molar refractivity (Wildman–Crippen MR) is 123 cm³/mol. The highest BCUT2D eigenvalue weighted by Crippen LogP contribution is 2.35. The Morgan fingerprint density at radius 2 is 2.13 bits per heavy atom. The van der Waals surface area contributed by atoms with Gasteiger partial charge in [-0.25, -0.2) is 14.6 Å². The third-order valence-corrected chi connectivity index (χ3v) is 6.14. The third-order valence-electron chi connectivity index (χ3n) is 5.47. The van der Waals surface area contributed by atoms with Gasteiger partial charge in [0.05, 0.1) is 11.0 Å². The van der Waals surface area contributed by atoms with Crippen molar-refractivity contribution in [3.05, 3.63) is 61.5 Å². The second-order valence-electron chi connectivity index (χ2n) is 7.66. The van der Waals surface area contributed by atoms with Gasteiger partial charge >= 0.3 is 11.6 Å². The molecule has 0 unspecified atom stereocenters. The quantitative estimate of drug-likeness (QED) is 0.290. The van der Waals surface area contributed by atoms with E-state index in [2.05, 4.69) is 32.5 Å². The minimum absolute atomic E-state index is 0.337. The number of rotatable bonds is 5. The second-order valence-corrected chi connectivity index (χ2v) is 8.90. The van der Waals surface area contributed by atoms with Crippen molar-refractivity contribution in [1.29, 1.82) is 0 Å². The summed E-state index contributed by atoms with van der Waals surface area (Å²) in [7, 11) is 0. The van der Waals surface area contributed by atoms with Gasteiger partial charge in [-0.1, -0.05) is 6.07 Å². The van der Waals surface area contributed by atoms with Gasteiger partial charge in [0.2, 0.25) is 5.95 Å². The van der Waals surface area contributed by atoms with Crippen molar-refractivity contribution in [3.63, 3.8) is 0 Å². The van der Waals surface area contributed by atoms with E-state index in [0.717, 1.165) is 26.8 Å². The van der Waals surface area contributed by atoms with E-state index in [-0.39, 0.29) is 5.56 Å². The fourth-order valence-corrected chi connectivity index (χ4v) is 4.29. The number of carboxylic acids is 1. The molecular formula is C22H18IN3O4. The third kappa shape index (κ3) is 3.34. The summed E-state index contributed by atoms with van der Waals surface area (Å²) in [6, 6.07) is 11.6. The summed E-state index contributed by atoms with van der Waals surface area (Å²) in [5, 5.41) is 13.4. The summed E-state index contributed by atoms with van der Waals surface area (Å²) in [5.74, 6) is 0.0360. The van der Waals surface area contributed by atoms with E-state index in [1.54, 1.807) is 19.1 Å². The van der Waals surface area contributed by atoms with Gasteiger partial charge in [0.1, 0.15) is 11.1 Å². The molecule has 2 aromatic carbocycles. The number of hydrogen-bond acceptors (Lipinski definition) is 5. The van der Waals surface area contributed by atoms with Gasteiger partial charge in [0.25, 0.3) is 0 Å². The van der Waals surface area contributed by atoms with E-state index in [1.165, 1.54) is 12.8 Å². The summed E-state index contributed by atoms with van der Waals surface area (Å²) in [6.45, 7) is 2.45. The number of halogens is 1. The van der Waals surface area contributed by atoms with E-state index in [0.29, 0.717) is 28.4 Å². The minimum Gasteiger partial charge on any atom is -0.477 e. The zero-order chi connectivity index (χ0) is 21.0. The molecule has 4 aromatic rings. The topological polar surface area (TPSA) is 97.4 Å². The second kappa shape index (κ2) is 7.12. The number of carboxylic acid groups (broad SMARTS) is 1. The summed E-state index contributed by atoms with van der Waals surface area (Å²) < 4.78 is 8.60. The number of imidazole rings is 1. The van der Waals surface area contributed by atoms with Crippen molar-refractivity contribution in [2.24, 2.45) is 5.92 Å². The Labute approximate surface area is 184 Å². The first-order valence-corrected chi connectivity index (χ1v) is 10.7. The molecule has 1 fully saturated rings. The lowest BCUT2D eigenvalue weighted by Gasteiger charge is -2.11. The molecule has 0 saturated heterocycles. The van der Waals surface area contributed by atoms with Crippen molar-refractivity contribution in [1.82, 2.24) is 9.55 Å². The van der Waals surface area contributed by atoms with Gasteiger partial charge in [0, 0.05) is 27.3 Å². The first-order chi connectivity index (χ1) is 14.4. The number of nitrogens with zero attached hydrogens (tertiary/aromatic N) is 2. The number of benzene rings is 2. The number of aromatic carboxylic acids is 1. The van der Waals surface area contributed by atoms with Gasteiger partial charge in [-0.3, -0.25) is 0 Å². The average molecular weight is 515 g/mol. The van der Waals surface area contributed by atoms with Gasteiger partial charge < -0.3 is 19.4 Å². The molecule has 0 bridgehead atoms. The number of aromatic nitrogens is 2. The maximum Gasteiger partial charge on any atom is 0.351 e. The minimum atomic E-state index is -1.29. The molecule has 2 aromatic heterocycles. The van der Waals surface area contributed by atoms with Gasteiger partial charge in [-0.15, -0.1) is 0 Å². The maximum atomic E-state index is 12.2. The molecule has 1 aliphatic rings. The largest absolute Gasteiger partial charge is 0.477 e. The maximum absolute atomic E-state index is 12.2. The van der Waals surface area contributed by atoms with E-state index in [1.807, 2.05) is 24.3 Å². The van der Waals surface area contributed by atoms with Crippen LogP contribution >= 0.6 is 22.6 Å². The summed E-state index contributed by atoms with van der Waals surface area (Å²) >= 11 is 2.27. The number of carbonyl (C=O) groups is 1. The molecule has 7 nitrogen and oxygen atoms in total. The number of fused-ring (bicyclic) bond motifs is 2. The Balaban J connectivity index is 1.72. The molecule has 0 amide bonds. The molecule has 1 saturated carbocycles. The highest BCUT2D eigenvalue weighted by atomic mass is 127. The van der Waals surface area contributed by atoms with Crippen LogP contribution in [0.25, 0.3) is 22.0 Å². The van der Waals surface area contributed by atoms with Crippen LogP contribution in [-0.4, -0.2) is 20.6 Å². The number of hydrogen-bond donors (Lipinski definition) is 2. The highest BCUT2D eigenvalue weighted by Gasteiger charge is 2.25.